The second kappa shape index (κ2) is 1.94. The smallest absolute Gasteiger partial charge is 0.0216 e. The molecular formula is C11H17Br. The van der Waals surface area contributed by atoms with Gasteiger partial charge >= 0.3 is 0 Å². The average Bonchev–Trinajstić information content (AvgIpc) is 2.48. The highest BCUT2D eigenvalue weighted by Crippen LogP contribution is 2.78. The Labute approximate surface area is 83.2 Å². The first-order chi connectivity index (χ1) is 5.59. The Kier molecular flexibility index (Phi) is 1.27. The average molecular weight is 229 g/mol. The van der Waals surface area contributed by atoms with E-state index in [1.54, 1.807) is 0 Å². The molecule has 68 valence electrons. The SMILES string of the molecule is CC1(C)[C@H]2CC[C@H](C2)C12CC2Br. The van der Waals surface area contributed by atoms with Crippen LogP contribution in [0.5, 0.6) is 0 Å². The van der Waals surface area contributed by atoms with Crippen LogP contribution < -0.4 is 0 Å². The van der Waals surface area contributed by atoms with Gasteiger partial charge in [-0.3, -0.25) is 0 Å². The van der Waals surface area contributed by atoms with E-state index < -0.39 is 0 Å². The Morgan fingerprint density at radius 3 is 2.08 bits per heavy atom. The van der Waals surface area contributed by atoms with Crippen molar-refractivity contribution in [2.24, 2.45) is 22.7 Å². The van der Waals surface area contributed by atoms with Crippen LogP contribution in [0.25, 0.3) is 0 Å². The minimum atomic E-state index is 0.643. The van der Waals surface area contributed by atoms with Crippen LogP contribution in [0.15, 0.2) is 0 Å². The molecule has 0 aromatic carbocycles. The highest BCUT2D eigenvalue weighted by molar-refractivity contribution is 9.09. The maximum atomic E-state index is 3.84. The fourth-order valence-electron chi connectivity index (χ4n) is 4.34. The molecule has 0 aromatic rings. The maximum Gasteiger partial charge on any atom is 0.0216 e. The second-order valence-electron chi connectivity index (χ2n) is 5.64. The van der Waals surface area contributed by atoms with E-state index in [0.717, 1.165) is 22.1 Å². The number of hydrogen-bond donors (Lipinski definition) is 0. The zero-order chi connectivity index (χ0) is 8.56. The second-order valence-corrected chi connectivity index (χ2v) is 6.75. The zero-order valence-electron chi connectivity index (χ0n) is 7.94. The summed E-state index contributed by atoms with van der Waals surface area (Å²) < 4.78 is 0. The van der Waals surface area contributed by atoms with Gasteiger partial charge in [-0.25, -0.2) is 0 Å². The molecule has 0 radical (unpaired) electrons. The summed E-state index contributed by atoms with van der Waals surface area (Å²) in [5.74, 6) is 2.12. The van der Waals surface area contributed by atoms with E-state index >= 15 is 0 Å². The van der Waals surface area contributed by atoms with Crippen molar-refractivity contribution in [2.45, 2.75) is 44.4 Å². The third-order valence-corrected chi connectivity index (χ3v) is 6.44. The van der Waals surface area contributed by atoms with Gasteiger partial charge in [-0.05, 0) is 48.3 Å². The lowest BCUT2D eigenvalue weighted by Crippen LogP contribution is -2.33. The fraction of sp³-hybridized carbons (Fsp3) is 1.00. The molecule has 2 unspecified atom stereocenters. The Bertz CT molecular complexity index is 233. The van der Waals surface area contributed by atoms with Crippen molar-refractivity contribution < 1.29 is 0 Å². The van der Waals surface area contributed by atoms with Crippen LogP contribution in [0.4, 0.5) is 0 Å². The first kappa shape index (κ1) is 7.84. The Hall–Kier alpha value is 0.480. The first-order valence-corrected chi connectivity index (χ1v) is 6.14. The minimum absolute atomic E-state index is 0.643. The van der Waals surface area contributed by atoms with E-state index in [4.69, 9.17) is 0 Å². The molecule has 0 saturated heterocycles. The minimum Gasteiger partial charge on any atom is -0.0884 e. The molecule has 12 heavy (non-hydrogen) atoms. The van der Waals surface area contributed by atoms with Crippen LogP contribution in [-0.4, -0.2) is 4.83 Å². The van der Waals surface area contributed by atoms with Gasteiger partial charge in [0.25, 0.3) is 0 Å². The van der Waals surface area contributed by atoms with Gasteiger partial charge < -0.3 is 0 Å². The summed E-state index contributed by atoms with van der Waals surface area (Å²) in [5, 5.41) is 0. The van der Waals surface area contributed by atoms with Crippen molar-refractivity contribution in [1.82, 2.24) is 0 Å². The molecular weight excluding hydrogens is 212 g/mol. The van der Waals surface area contributed by atoms with Crippen LogP contribution in [0, 0.1) is 22.7 Å². The molecule has 4 atom stereocenters. The van der Waals surface area contributed by atoms with Gasteiger partial charge in [-0.1, -0.05) is 29.8 Å². The summed E-state index contributed by atoms with van der Waals surface area (Å²) in [5.41, 5.74) is 1.38. The van der Waals surface area contributed by atoms with Crippen molar-refractivity contribution in [3.8, 4) is 0 Å². The molecule has 0 amide bonds. The maximum absolute atomic E-state index is 3.84. The molecule has 3 saturated carbocycles. The van der Waals surface area contributed by atoms with Crippen LogP contribution in [0.3, 0.4) is 0 Å². The quantitative estimate of drug-likeness (QED) is 0.557. The van der Waals surface area contributed by atoms with Gasteiger partial charge in [0.15, 0.2) is 0 Å². The molecule has 3 fully saturated rings. The Morgan fingerprint density at radius 2 is 1.75 bits per heavy atom. The Morgan fingerprint density at radius 1 is 1.17 bits per heavy atom. The first-order valence-electron chi connectivity index (χ1n) is 5.23. The number of rotatable bonds is 0. The molecule has 1 heteroatoms. The highest BCUT2D eigenvalue weighted by Gasteiger charge is 2.72. The standard InChI is InChI=1S/C11H17Br/c1-10(2)7-3-4-8(5-7)11(10)6-9(11)12/h7-9H,3-6H2,1-2H3/t7-,8+,9?,11?/m0/s1. The molecule has 3 aliphatic rings. The highest BCUT2D eigenvalue weighted by atomic mass is 79.9. The molecule has 0 nitrogen and oxygen atoms in total. The van der Waals surface area contributed by atoms with Crippen molar-refractivity contribution in [2.75, 3.05) is 0 Å². The lowest BCUT2D eigenvalue weighted by Gasteiger charge is -2.39. The zero-order valence-corrected chi connectivity index (χ0v) is 9.52. The van der Waals surface area contributed by atoms with E-state index in [1.807, 2.05) is 0 Å². The van der Waals surface area contributed by atoms with E-state index in [2.05, 4.69) is 29.8 Å². The number of fused-ring (bicyclic) bond motifs is 3. The van der Waals surface area contributed by atoms with Gasteiger partial charge in [0.1, 0.15) is 0 Å². The molecule has 2 bridgehead atoms. The summed E-state index contributed by atoms with van der Waals surface area (Å²) in [4.78, 5) is 0.857. The molecule has 0 aromatic heterocycles. The topological polar surface area (TPSA) is 0 Å². The van der Waals surface area contributed by atoms with Gasteiger partial charge in [0.05, 0.1) is 0 Å². The lowest BCUT2D eigenvalue weighted by molar-refractivity contribution is 0.102. The van der Waals surface area contributed by atoms with Gasteiger partial charge in [0, 0.05) is 4.83 Å². The van der Waals surface area contributed by atoms with E-state index in [1.165, 1.54) is 25.7 Å². The van der Waals surface area contributed by atoms with E-state index in [-0.39, 0.29) is 0 Å². The summed E-state index contributed by atoms with van der Waals surface area (Å²) in [6.07, 6.45) is 6.03. The van der Waals surface area contributed by atoms with Gasteiger partial charge in [-0.15, -0.1) is 0 Å². The van der Waals surface area contributed by atoms with Gasteiger partial charge in [-0.2, -0.15) is 0 Å². The number of alkyl halides is 1. The summed E-state index contributed by atoms with van der Waals surface area (Å²) in [6, 6.07) is 0. The third-order valence-electron chi connectivity index (χ3n) is 5.30. The summed E-state index contributed by atoms with van der Waals surface area (Å²) in [6.45, 7) is 5.02. The summed E-state index contributed by atoms with van der Waals surface area (Å²) in [7, 11) is 0. The predicted molar refractivity (Wildman–Crippen MR) is 54.4 cm³/mol. The van der Waals surface area contributed by atoms with E-state index in [0.29, 0.717) is 5.41 Å². The molecule has 0 heterocycles. The van der Waals surface area contributed by atoms with Crippen molar-refractivity contribution >= 4 is 15.9 Å². The molecule has 1 spiro atoms. The number of halogens is 1. The normalized spacial score (nSPS) is 59.8. The van der Waals surface area contributed by atoms with Crippen molar-refractivity contribution in [3.05, 3.63) is 0 Å². The monoisotopic (exact) mass is 228 g/mol. The number of hydrogen-bond acceptors (Lipinski definition) is 0. The fourth-order valence-corrected chi connectivity index (χ4v) is 5.84. The molecule has 0 N–H and O–H groups in total. The third kappa shape index (κ3) is 0.604. The molecule has 3 aliphatic carbocycles. The largest absolute Gasteiger partial charge is 0.0884 e. The molecule has 0 aliphatic heterocycles. The lowest BCUT2D eigenvalue weighted by atomic mass is 9.66. The van der Waals surface area contributed by atoms with Gasteiger partial charge in [0.2, 0.25) is 0 Å². The van der Waals surface area contributed by atoms with Crippen LogP contribution >= 0.6 is 15.9 Å². The van der Waals surface area contributed by atoms with E-state index in [9.17, 15) is 0 Å². The van der Waals surface area contributed by atoms with Crippen LogP contribution in [0.2, 0.25) is 0 Å². The van der Waals surface area contributed by atoms with Crippen LogP contribution in [0.1, 0.15) is 39.5 Å². The predicted octanol–water partition coefficient (Wildman–Crippen LogP) is 3.60. The summed E-state index contributed by atoms with van der Waals surface area (Å²) >= 11 is 3.84. The van der Waals surface area contributed by atoms with Crippen molar-refractivity contribution in [3.63, 3.8) is 0 Å². The van der Waals surface area contributed by atoms with Crippen molar-refractivity contribution in [1.29, 1.82) is 0 Å². The Balaban J connectivity index is 2.04. The van der Waals surface area contributed by atoms with Crippen LogP contribution in [-0.2, 0) is 0 Å². The molecule has 3 rings (SSSR count).